The van der Waals surface area contributed by atoms with Crippen LogP contribution in [0.2, 0.25) is 0 Å². The SMILES string of the molecule is C#Cc1nc(NC(=O)N[C@@H](COC(N)=O)c2ccc(-c3cccc(C4(C#N)CC4)n3)cc2)cs1. The van der Waals surface area contributed by atoms with E-state index in [0.29, 0.717) is 16.4 Å². The number of thiazole rings is 1. The lowest BCUT2D eigenvalue weighted by Crippen LogP contribution is -2.36. The number of amides is 3. The van der Waals surface area contributed by atoms with Gasteiger partial charge in [-0.05, 0) is 36.5 Å². The molecule has 2 aromatic heterocycles. The lowest BCUT2D eigenvalue weighted by atomic mass is 10.0. The van der Waals surface area contributed by atoms with Crippen LogP contribution in [0.4, 0.5) is 15.4 Å². The summed E-state index contributed by atoms with van der Waals surface area (Å²) >= 11 is 1.23. The predicted octanol–water partition coefficient (Wildman–Crippen LogP) is 3.70. The van der Waals surface area contributed by atoms with Gasteiger partial charge in [0.1, 0.15) is 12.4 Å². The number of nitrogens with zero attached hydrogens (tertiary/aromatic N) is 3. The van der Waals surface area contributed by atoms with Gasteiger partial charge in [0.15, 0.2) is 5.01 Å². The number of urea groups is 1. The third kappa shape index (κ3) is 5.14. The second-order valence-corrected chi connectivity index (χ2v) is 8.55. The number of nitrogens with one attached hydrogen (secondary N) is 2. The summed E-state index contributed by atoms with van der Waals surface area (Å²) in [5.41, 5.74) is 7.70. The molecule has 0 radical (unpaired) electrons. The highest BCUT2D eigenvalue weighted by Gasteiger charge is 2.46. The predicted molar refractivity (Wildman–Crippen MR) is 127 cm³/mol. The third-order valence-corrected chi connectivity index (χ3v) is 6.15. The molecule has 34 heavy (non-hydrogen) atoms. The molecule has 4 rings (SSSR count). The van der Waals surface area contributed by atoms with Crippen molar-refractivity contribution >= 4 is 29.3 Å². The second kappa shape index (κ2) is 9.61. The average molecular weight is 473 g/mol. The molecular formula is C24H20N6O3S. The molecule has 0 spiro atoms. The molecule has 2 heterocycles. The highest BCUT2D eigenvalue weighted by Crippen LogP contribution is 2.46. The number of carbonyl (C=O) groups excluding carboxylic acids is 2. The largest absolute Gasteiger partial charge is 0.447 e. The zero-order chi connectivity index (χ0) is 24.1. The first-order valence-corrected chi connectivity index (χ1v) is 11.2. The molecule has 0 bridgehead atoms. The Balaban J connectivity index is 1.50. The monoisotopic (exact) mass is 472 g/mol. The molecule has 4 N–H and O–H groups in total. The van der Waals surface area contributed by atoms with Gasteiger partial charge in [0.25, 0.3) is 0 Å². The molecule has 1 fully saturated rings. The van der Waals surface area contributed by atoms with Crippen LogP contribution < -0.4 is 16.4 Å². The van der Waals surface area contributed by atoms with Crippen LogP contribution in [0.3, 0.4) is 0 Å². The number of hydrogen-bond acceptors (Lipinski definition) is 7. The Morgan fingerprint density at radius 3 is 2.62 bits per heavy atom. The van der Waals surface area contributed by atoms with E-state index >= 15 is 0 Å². The maximum atomic E-state index is 12.5. The maximum Gasteiger partial charge on any atom is 0.404 e. The quantitative estimate of drug-likeness (QED) is 0.448. The summed E-state index contributed by atoms with van der Waals surface area (Å²) in [6.45, 7) is -0.160. The number of primary amides is 1. The number of ether oxygens (including phenoxy) is 1. The fraction of sp³-hybridized carbons (Fsp3) is 0.208. The number of hydrogen-bond donors (Lipinski definition) is 3. The Labute approximate surface area is 200 Å². The van der Waals surface area contributed by atoms with E-state index in [2.05, 4.69) is 32.6 Å². The van der Waals surface area contributed by atoms with Crippen molar-refractivity contribution < 1.29 is 14.3 Å². The number of nitrogens with two attached hydrogens (primary N) is 1. The fourth-order valence-corrected chi connectivity index (χ4v) is 3.95. The Bertz CT molecular complexity index is 1300. The number of nitriles is 1. The van der Waals surface area contributed by atoms with Crippen molar-refractivity contribution in [3.8, 4) is 29.7 Å². The first kappa shape index (κ1) is 22.8. The minimum absolute atomic E-state index is 0.160. The molecular weight excluding hydrogens is 452 g/mol. The molecule has 0 aliphatic heterocycles. The van der Waals surface area contributed by atoms with E-state index in [4.69, 9.17) is 16.9 Å². The molecule has 10 heteroatoms. The van der Waals surface area contributed by atoms with Crippen LogP contribution in [0.25, 0.3) is 11.3 Å². The highest BCUT2D eigenvalue weighted by atomic mass is 32.1. The minimum atomic E-state index is -0.950. The van der Waals surface area contributed by atoms with E-state index in [-0.39, 0.29) is 6.61 Å². The smallest absolute Gasteiger partial charge is 0.404 e. The number of terminal acetylenes is 1. The molecule has 1 aromatic carbocycles. The third-order valence-electron chi connectivity index (χ3n) is 5.38. The van der Waals surface area contributed by atoms with E-state index in [9.17, 15) is 14.9 Å². The summed E-state index contributed by atoms with van der Waals surface area (Å²) in [6, 6.07) is 14.1. The van der Waals surface area contributed by atoms with E-state index < -0.39 is 23.6 Å². The van der Waals surface area contributed by atoms with E-state index in [1.54, 1.807) is 17.5 Å². The van der Waals surface area contributed by atoms with Gasteiger partial charge in [-0.1, -0.05) is 30.3 Å². The molecule has 0 saturated heterocycles. The van der Waals surface area contributed by atoms with Gasteiger partial charge in [0, 0.05) is 10.9 Å². The van der Waals surface area contributed by atoms with Crippen LogP contribution in [0.1, 0.15) is 35.1 Å². The first-order valence-electron chi connectivity index (χ1n) is 10.3. The number of rotatable bonds is 7. The van der Waals surface area contributed by atoms with Crippen LogP contribution in [0.5, 0.6) is 0 Å². The average Bonchev–Trinajstić information content (AvgIpc) is 3.53. The van der Waals surface area contributed by atoms with Crippen molar-refractivity contribution in [1.82, 2.24) is 15.3 Å². The van der Waals surface area contributed by atoms with Gasteiger partial charge in [-0.15, -0.1) is 17.8 Å². The summed E-state index contributed by atoms with van der Waals surface area (Å²) in [4.78, 5) is 32.4. The molecule has 1 atom stereocenters. The Morgan fingerprint density at radius 1 is 1.24 bits per heavy atom. The second-order valence-electron chi connectivity index (χ2n) is 7.69. The summed E-state index contributed by atoms with van der Waals surface area (Å²) in [7, 11) is 0. The van der Waals surface area contributed by atoms with Crippen LogP contribution in [0, 0.1) is 23.7 Å². The normalized spacial score (nSPS) is 14.2. The van der Waals surface area contributed by atoms with Crippen molar-refractivity contribution in [2.75, 3.05) is 11.9 Å². The molecule has 1 saturated carbocycles. The van der Waals surface area contributed by atoms with E-state index in [0.717, 1.165) is 29.8 Å². The summed E-state index contributed by atoms with van der Waals surface area (Å²) in [5.74, 6) is 2.72. The van der Waals surface area contributed by atoms with Crippen LogP contribution in [-0.4, -0.2) is 28.7 Å². The van der Waals surface area contributed by atoms with Crippen LogP contribution in [0.15, 0.2) is 47.8 Å². The summed E-state index contributed by atoms with van der Waals surface area (Å²) < 4.78 is 4.93. The number of carbonyl (C=O) groups is 2. The highest BCUT2D eigenvalue weighted by molar-refractivity contribution is 7.10. The topological polar surface area (TPSA) is 143 Å². The molecule has 1 aliphatic carbocycles. The summed E-state index contributed by atoms with van der Waals surface area (Å²) in [6.07, 6.45) is 5.99. The maximum absolute atomic E-state index is 12.5. The van der Waals surface area contributed by atoms with E-state index in [1.165, 1.54) is 11.3 Å². The van der Waals surface area contributed by atoms with Gasteiger partial charge >= 0.3 is 12.1 Å². The van der Waals surface area contributed by atoms with Gasteiger partial charge in [0.05, 0.1) is 28.9 Å². The Hall–Kier alpha value is -4.41. The summed E-state index contributed by atoms with van der Waals surface area (Å²) in [5, 5.41) is 16.9. The van der Waals surface area contributed by atoms with Crippen molar-refractivity contribution in [2.45, 2.75) is 24.3 Å². The van der Waals surface area contributed by atoms with Crippen molar-refractivity contribution in [2.24, 2.45) is 5.73 Å². The first-order chi connectivity index (χ1) is 16.4. The molecule has 0 unspecified atom stereocenters. The van der Waals surface area contributed by atoms with E-state index in [1.807, 2.05) is 30.3 Å². The number of aromatic nitrogens is 2. The number of pyridine rings is 1. The lowest BCUT2D eigenvalue weighted by Gasteiger charge is -2.19. The molecule has 9 nitrogen and oxygen atoms in total. The number of benzene rings is 1. The molecule has 3 aromatic rings. The Kier molecular flexibility index (Phi) is 6.44. The van der Waals surface area contributed by atoms with Crippen LogP contribution in [-0.2, 0) is 10.2 Å². The molecule has 1 aliphatic rings. The van der Waals surface area contributed by atoms with Gasteiger partial charge in [-0.25, -0.2) is 14.6 Å². The zero-order valence-electron chi connectivity index (χ0n) is 17.9. The van der Waals surface area contributed by atoms with Gasteiger partial charge in [-0.2, -0.15) is 5.26 Å². The molecule has 3 amide bonds. The van der Waals surface area contributed by atoms with Crippen molar-refractivity contribution in [3.05, 3.63) is 64.1 Å². The van der Waals surface area contributed by atoms with Crippen molar-refractivity contribution in [3.63, 3.8) is 0 Å². The minimum Gasteiger partial charge on any atom is -0.447 e. The fourth-order valence-electron chi connectivity index (χ4n) is 3.39. The number of anilines is 1. The zero-order valence-corrected chi connectivity index (χ0v) is 18.8. The van der Waals surface area contributed by atoms with Crippen LogP contribution >= 0.6 is 11.3 Å². The van der Waals surface area contributed by atoms with Gasteiger partial charge < -0.3 is 15.8 Å². The van der Waals surface area contributed by atoms with Gasteiger partial charge in [-0.3, -0.25) is 10.3 Å². The molecule has 170 valence electrons. The van der Waals surface area contributed by atoms with Gasteiger partial charge in [0.2, 0.25) is 0 Å². The van der Waals surface area contributed by atoms with Crippen molar-refractivity contribution in [1.29, 1.82) is 5.26 Å². The Morgan fingerprint density at radius 2 is 2.00 bits per heavy atom. The lowest BCUT2D eigenvalue weighted by molar-refractivity contribution is 0.144. The standard InChI is InChI=1S/C24H20N6O3S/c1-2-21-29-20(13-34-21)30-23(32)28-18(12-33-22(26)31)16-8-6-15(7-9-16)17-4-3-5-19(27-17)24(14-25)10-11-24/h1,3-9,13,18H,10-12H2,(H2,26,31)(H2,28,30,32)/t18-/m0/s1.